The van der Waals surface area contributed by atoms with Gasteiger partial charge in [-0.1, -0.05) is 41.9 Å². The fraction of sp³-hybridized carbons (Fsp3) is 0.345. The van der Waals surface area contributed by atoms with E-state index in [1.807, 2.05) is 0 Å². The lowest BCUT2D eigenvalue weighted by Gasteiger charge is -2.36. The number of aliphatic hydroxyl groups is 2. The van der Waals surface area contributed by atoms with Crippen LogP contribution in [0.4, 0.5) is 17.6 Å². The molecule has 12 heteroatoms. The van der Waals surface area contributed by atoms with Crippen molar-refractivity contribution < 1.29 is 42.0 Å². The van der Waals surface area contributed by atoms with Crippen molar-refractivity contribution in [2.24, 2.45) is 5.73 Å². The summed E-state index contributed by atoms with van der Waals surface area (Å²) in [5.74, 6) is -4.78. The van der Waals surface area contributed by atoms with Gasteiger partial charge in [0.05, 0.1) is 16.7 Å². The Bertz CT molecular complexity index is 1450. The van der Waals surface area contributed by atoms with Crippen LogP contribution in [0, 0.1) is 11.6 Å². The molecule has 3 aromatic carbocycles. The molecule has 5 rings (SSSR count). The summed E-state index contributed by atoms with van der Waals surface area (Å²) < 4.78 is 67.6. The number of carbonyl (C=O) groups is 1. The number of fused-ring (bicyclic) bond motifs is 1. The van der Waals surface area contributed by atoms with Crippen LogP contribution in [0.3, 0.4) is 0 Å². The summed E-state index contributed by atoms with van der Waals surface area (Å²) in [6, 6.07) is 11.3. The number of ether oxygens (including phenoxy) is 2. The molecule has 0 bridgehead atoms. The summed E-state index contributed by atoms with van der Waals surface area (Å²) in [6.45, 7) is -3.39. The van der Waals surface area contributed by atoms with Crippen LogP contribution in [-0.4, -0.2) is 41.4 Å². The normalized spacial score (nSPS) is 23.8. The average molecular weight is 595 g/mol. The van der Waals surface area contributed by atoms with Gasteiger partial charge in [-0.25, -0.2) is 8.78 Å². The smallest absolute Gasteiger partial charge is 0.387 e. The van der Waals surface area contributed by atoms with E-state index in [4.69, 9.17) is 22.1 Å². The zero-order valence-electron chi connectivity index (χ0n) is 21.6. The van der Waals surface area contributed by atoms with E-state index < -0.39 is 63.3 Å². The van der Waals surface area contributed by atoms with E-state index in [0.717, 1.165) is 18.2 Å². The van der Waals surface area contributed by atoms with E-state index in [1.165, 1.54) is 0 Å². The molecule has 0 saturated heterocycles. The Kier molecular flexibility index (Phi) is 8.15. The first-order chi connectivity index (χ1) is 19.5. The minimum atomic E-state index is -3.41. The number of benzene rings is 3. The van der Waals surface area contributed by atoms with Crippen LogP contribution in [0.1, 0.15) is 53.3 Å². The molecule has 1 saturated carbocycles. The molecular formula is C29H27ClF4N2O5. The van der Waals surface area contributed by atoms with Crippen LogP contribution < -0.4 is 20.5 Å². The molecule has 1 amide bonds. The molecule has 7 nitrogen and oxygen atoms in total. The van der Waals surface area contributed by atoms with Gasteiger partial charge in [0.1, 0.15) is 17.7 Å². The highest BCUT2D eigenvalue weighted by Gasteiger charge is 2.52. The number of nitrogens with two attached hydrogens (primary N) is 1. The second-order valence-corrected chi connectivity index (χ2v) is 10.5. The molecule has 218 valence electrons. The number of nitrogens with one attached hydrogen (secondary N) is 1. The van der Waals surface area contributed by atoms with Crippen molar-refractivity contribution in [1.29, 1.82) is 0 Å². The van der Waals surface area contributed by atoms with Crippen molar-refractivity contribution in [1.82, 2.24) is 5.32 Å². The molecule has 0 aromatic heterocycles. The number of aliphatic hydroxyl groups excluding tert-OH is 2. The number of amides is 1. The number of rotatable bonds is 8. The maximum Gasteiger partial charge on any atom is 0.387 e. The van der Waals surface area contributed by atoms with Crippen molar-refractivity contribution >= 4 is 17.5 Å². The van der Waals surface area contributed by atoms with Crippen molar-refractivity contribution in [3.63, 3.8) is 0 Å². The summed E-state index contributed by atoms with van der Waals surface area (Å²) in [5, 5.41) is 24.5. The molecule has 1 aliphatic heterocycles. The van der Waals surface area contributed by atoms with Crippen LogP contribution >= 0.6 is 11.6 Å². The first-order valence-electron chi connectivity index (χ1n) is 13.0. The second-order valence-electron chi connectivity index (χ2n) is 10.1. The van der Waals surface area contributed by atoms with Crippen LogP contribution in [0.15, 0.2) is 48.5 Å². The molecule has 0 unspecified atom stereocenters. The van der Waals surface area contributed by atoms with Gasteiger partial charge < -0.3 is 30.7 Å². The van der Waals surface area contributed by atoms with E-state index in [2.05, 4.69) is 10.1 Å². The Morgan fingerprint density at radius 2 is 1.78 bits per heavy atom. The molecule has 1 aliphatic carbocycles. The quantitative estimate of drug-likeness (QED) is 0.267. The lowest BCUT2D eigenvalue weighted by molar-refractivity contribution is -0.0521. The van der Waals surface area contributed by atoms with Crippen molar-refractivity contribution in [3.8, 4) is 22.6 Å². The topological polar surface area (TPSA) is 114 Å². The number of hydrogen-bond acceptors (Lipinski definition) is 6. The fourth-order valence-electron chi connectivity index (χ4n) is 5.64. The molecule has 41 heavy (non-hydrogen) atoms. The van der Waals surface area contributed by atoms with Gasteiger partial charge in [0.15, 0.2) is 17.2 Å². The summed E-state index contributed by atoms with van der Waals surface area (Å²) in [6.07, 6.45) is 0.540. The number of primary amides is 1. The van der Waals surface area contributed by atoms with Crippen LogP contribution in [-0.2, 0) is 5.60 Å². The third-order valence-corrected chi connectivity index (χ3v) is 8.05. The predicted molar refractivity (Wildman–Crippen MR) is 142 cm³/mol. The van der Waals surface area contributed by atoms with Crippen molar-refractivity contribution in [2.75, 3.05) is 6.54 Å². The summed E-state index contributed by atoms with van der Waals surface area (Å²) in [5.41, 5.74) is 2.57. The Morgan fingerprint density at radius 3 is 2.41 bits per heavy atom. The zero-order chi connectivity index (χ0) is 29.5. The molecule has 1 fully saturated rings. The third-order valence-electron chi connectivity index (χ3n) is 7.68. The summed E-state index contributed by atoms with van der Waals surface area (Å²) >= 11 is 6.35. The maximum absolute atomic E-state index is 15.8. The van der Waals surface area contributed by atoms with Crippen molar-refractivity contribution in [3.05, 3.63) is 81.9 Å². The highest BCUT2D eigenvalue weighted by Crippen LogP contribution is 2.55. The van der Waals surface area contributed by atoms with Crippen LogP contribution in [0.2, 0.25) is 5.02 Å². The van der Waals surface area contributed by atoms with E-state index in [9.17, 15) is 23.8 Å². The van der Waals surface area contributed by atoms with Gasteiger partial charge in [-0.3, -0.25) is 4.79 Å². The minimum Gasteiger partial charge on any atom is -0.478 e. The van der Waals surface area contributed by atoms with E-state index in [-0.39, 0.29) is 30.0 Å². The van der Waals surface area contributed by atoms with Gasteiger partial charge in [-0.2, -0.15) is 8.78 Å². The Hall–Kier alpha value is -3.38. The predicted octanol–water partition coefficient (Wildman–Crippen LogP) is 5.20. The van der Waals surface area contributed by atoms with Gasteiger partial charge in [0, 0.05) is 35.3 Å². The largest absolute Gasteiger partial charge is 0.478 e. The summed E-state index contributed by atoms with van der Waals surface area (Å²) in [4.78, 5) is 12.3. The molecule has 0 radical (unpaired) electrons. The van der Waals surface area contributed by atoms with E-state index in [1.54, 1.807) is 30.3 Å². The molecule has 2 aliphatic rings. The molecule has 1 heterocycles. The molecule has 3 aromatic rings. The maximum atomic E-state index is 15.8. The number of carbonyl (C=O) groups excluding carboxylic acids is 1. The minimum absolute atomic E-state index is 0.0135. The van der Waals surface area contributed by atoms with Crippen LogP contribution in [0.5, 0.6) is 11.5 Å². The Labute approximate surface area is 237 Å². The van der Waals surface area contributed by atoms with Gasteiger partial charge in [0.2, 0.25) is 5.91 Å². The molecule has 0 spiro atoms. The highest BCUT2D eigenvalue weighted by atomic mass is 35.5. The molecular weight excluding hydrogens is 568 g/mol. The third kappa shape index (κ3) is 5.34. The molecule has 5 N–H and O–H groups in total. The highest BCUT2D eigenvalue weighted by molar-refractivity contribution is 6.34. The Balaban J connectivity index is 1.68. The summed E-state index contributed by atoms with van der Waals surface area (Å²) in [7, 11) is 0. The van der Waals surface area contributed by atoms with E-state index >= 15 is 8.78 Å². The SMILES string of the molecule is NC(=O)c1ccc(OC(F)F)c(F)c1-c1c(Cl)c(F)cc2c1[C@H](O)[C@@](CNC1CCC(O)CC1)(c1ccccc1)O2. The van der Waals surface area contributed by atoms with Gasteiger partial charge in [0.25, 0.3) is 0 Å². The zero-order valence-corrected chi connectivity index (χ0v) is 22.3. The fourth-order valence-corrected chi connectivity index (χ4v) is 5.89. The lowest BCUT2D eigenvalue weighted by atomic mass is 9.82. The van der Waals surface area contributed by atoms with Gasteiger partial charge in [-0.05, 0) is 43.4 Å². The van der Waals surface area contributed by atoms with Crippen LogP contribution in [0.25, 0.3) is 11.1 Å². The lowest BCUT2D eigenvalue weighted by Crippen LogP contribution is -2.48. The first kappa shape index (κ1) is 29.1. The number of hydrogen-bond donors (Lipinski definition) is 4. The number of halogens is 5. The van der Waals surface area contributed by atoms with Crippen molar-refractivity contribution in [2.45, 2.75) is 56.1 Å². The van der Waals surface area contributed by atoms with Gasteiger partial charge in [-0.15, -0.1) is 0 Å². The van der Waals surface area contributed by atoms with E-state index in [0.29, 0.717) is 31.2 Å². The standard InChI is InChI=1S/C29H27ClF4N2O5/c30-24-18(31)12-20-22(23(24)21-17(27(35)39)10-11-19(25(21)32)40-28(33)34)26(38)29(41-20,14-4-2-1-3-5-14)13-36-15-6-8-16(37)9-7-15/h1-5,10-12,15-16,26,28,36-38H,6-9,13H2,(H2,35,39)/t15?,16?,26-,29+/m0/s1. The monoisotopic (exact) mass is 594 g/mol. The average Bonchev–Trinajstić information content (AvgIpc) is 3.22. The number of alkyl halides is 2. The second kappa shape index (κ2) is 11.5. The Morgan fingerprint density at radius 1 is 1.10 bits per heavy atom. The van der Waals surface area contributed by atoms with Gasteiger partial charge >= 0.3 is 6.61 Å². The first-order valence-corrected chi connectivity index (χ1v) is 13.3. The molecule has 2 atom stereocenters.